The standard InChI is InChI=1S/C11H11N3OS/c1-14-7-9(6-12-14)13-11(15)8-2-4-10(16)5-3-8/h2-7,16H,1H3,(H,13,15). The number of amides is 1. The molecule has 16 heavy (non-hydrogen) atoms. The minimum absolute atomic E-state index is 0.152. The predicted molar refractivity (Wildman–Crippen MR) is 64.9 cm³/mol. The van der Waals surface area contributed by atoms with E-state index in [0.29, 0.717) is 11.3 Å². The van der Waals surface area contributed by atoms with E-state index in [1.54, 1.807) is 48.4 Å². The van der Waals surface area contributed by atoms with Crippen LogP contribution in [0.5, 0.6) is 0 Å². The quantitative estimate of drug-likeness (QED) is 0.779. The highest BCUT2D eigenvalue weighted by Gasteiger charge is 2.06. The highest BCUT2D eigenvalue weighted by Crippen LogP contribution is 2.10. The lowest BCUT2D eigenvalue weighted by atomic mass is 10.2. The fraction of sp³-hybridized carbons (Fsp3) is 0.0909. The van der Waals surface area contributed by atoms with Crippen molar-refractivity contribution < 1.29 is 4.79 Å². The molecule has 0 aliphatic heterocycles. The van der Waals surface area contributed by atoms with E-state index in [1.165, 1.54) is 0 Å². The minimum atomic E-state index is -0.152. The van der Waals surface area contributed by atoms with Crippen LogP contribution in [-0.2, 0) is 7.05 Å². The largest absolute Gasteiger partial charge is 0.319 e. The highest BCUT2D eigenvalue weighted by atomic mass is 32.1. The van der Waals surface area contributed by atoms with Crippen molar-refractivity contribution in [2.45, 2.75) is 4.90 Å². The Kier molecular flexibility index (Phi) is 2.96. The van der Waals surface area contributed by atoms with Crippen molar-refractivity contribution >= 4 is 24.2 Å². The molecule has 1 N–H and O–H groups in total. The number of hydrogen-bond acceptors (Lipinski definition) is 3. The third-order valence-corrected chi connectivity index (χ3v) is 2.39. The molecule has 0 radical (unpaired) electrons. The van der Waals surface area contributed by atoms with Crippen molar-refractivity contribution in [1.82, 2.24) is 9.78 Å². The Balaban J connectivity index is 2.11. The molecule has 0 unspecified atom stereocenters. The van der Waals surface area contributed by atoms with E-state index in [4.69, 9.17) is 0 Å². The molecule has 1 amide bonds. The van der Waals surface area contributed by atoms with E-state index < -0.39 is 0 Å². The highest BCUT2D eigenvalue weighted by molar-refractivity contribution is 7.80. The Bertz CT molecular complexity index is 504. The van der Waals surface area contributed by atoms with Crippen molar-refractivity contribution in [3.63, 3.8) is 0 Å². The topological polar surface area (TPSA) is 46.9 Å². The Hall–Kier alpha value is -1.75. The number of carbonyl (C=O) groups excluding carboxylic acids is 1. The number of thiol groups is 1. The van der Waals surface area contributed by atoms with E-state index >= 15 is 0 Å². The first-order chi connectivity index (χ1) is 7.65. The van der Waals surface area contributed by atoms with Crippen LogP contribution in [0.2, 0.25) is 0 Å². The van der Waals surface area contributed by atoms with Gasteiger partial charge in [0.2, 0.25) is 0 Å². The molecule has 0 saturated heterocycles. The molecule has 0 saturated carbocycles. The number of carbonyl (C=O) groups is 1. The van der Waals surface area contributed by atoms with Gasteiger partial charge in [-0.1, -0.05) is 0 Å². The molecule has 0 atom stereocenters. The van der Waals surface area contributed by atoms with Gasteiger partial charge in [0, 0.05) is 23.7 Å². The molecule has 0 aliphatic carbocycles. The number of anilines is 1. The number of nitrogens with one attached hydrogen (secondary N) is 1. The smallest absolute Gasteiger partial charge is 0.255 e. The molecule has 0 fully saturated rings. The maximum Gasteiger partial charge on any atom is 0.255 e. The van der Waals surface area contributed by atoms with Crippen molar-refractivity contribution in [3.05, 3.63) is 42.2 Å². The Labute approximate surface area is 98.7 Å². The van der Waals surface area contributed by atoms with Crippen LogP contribution in [0.4, 0.5) is 5.69 Å². The van der Waals surface area contributed by atoms with Crippen LogP contribution < -0.4 is 5.32 Å². The van der Waals surface area contributed by atoms with Gasteiger partial charge in [-0.2, -0.15) is 5.10 Å². The fourth-order valence-corrected chi connectivity index (χ4v) is 1.45. The summed E-state index contributed by atoms with van der Waals surface area (Å²) in [6.07, 6.45) is 3.34. The van der Waals surface area contributed by atoms with Gasteiger partial charge in [-0.15, -0.1) is 12.6 Å². The van der Waals surface area contributed by atoms with Gasteiger partial charge in [0.1, 0.15) is 0 Å². The lowest BCUT2D eigenvalue weighted by Gasteiger charge is -2.02. The number of rotatable bonds is 2. The number of aromatic nitrogens is 2. The van der Waals surface area contributed by atoms with Crippen LogP contribution in [0.25, 0.3) is 0 Å². The minimum Gasteiger partial charge on any atom is -0.319 e. The Morgan fingerprint density at radius 2 is 2.06 bits per heavy atom. The number of hydrogen-bond donors (Lipinski definition) is 2. The summed E-state index contributed by atoms with van der Waals surface area (Å²) >= 11 is 4.16. The number of benzene rings is 1. The second-order valence-electron chi connectivity index (χ2n) is 3.40. The normalized spacial score (nSPS) is 10.1. The second kappa shape index (κ2) is 4.40. The zero-order chi connectivity index (χ0) is 11.5. The van der Waals surface area contributed by atoms with Crippen molar-refractivity contribution in [2.75, 3.05) is 5.32 Å². The molecule has 1 aromatic carbocycles. The van der Waals surface area contributed by atoms with Gasteiger partial charge >= 0.3 is 0 Å². The first kappa shape index (κ1) is 10.8. The van der Waals surface area contributed by atoms with E-state index in [-0.39, 0.29) is 5.91 Å². The third-order valence-electron chi connectivity index (χ3n) is 2.09. The Morgan fingerprint density at radius 3 is 2.62 bits per heavy atom. The molecular formula is C11H11N3OS. The van der Waals surface area contributed by atoms with Crippen LogP contribution in [0.3, 0.4) is 0 Å². The van der Waals surface area contributed by atoms with Gasteiger partial charge < -0.3 is 5.32 Å². The van der Waals surface area contributed by atoms with Crippen LogP contribution in [-0.4, -0.2) is 15.7 Å². The average Bonchev–Trinajstić information content (AvgIpc) is 2.65. The third kappa shape index (κ3) is 2.43. The first-order valence-corrected chi connectivity index (χ1v) is 5.19. The summed E-state index contributed by atoms with van der Waals surface area (Å²) in [5.41, 5.74) is 1.28. The molecule has 4 nitrogen and oxygen atoms in total. The van der Waals surface area contributed by atoms with Crippen molar-refractivity contribution in [3.8, 4) is 0 Å². The predicted octanol–water partition coefficient (Wildman–Crippen LogP) is 1.96. The van der Waals surface area contributed by atoms with Gasteiger partial charge in [-0.05, 0) is 24.3 Å². The summed E-state index contributed by atoms with van der Waals surface area (Å²) < 4.78 is 1.63. The molecule has 0 spiro atoms. The second-order valence-corrected chi connectivity index (χ2v) is 3.92. The molecule has 0 bridgehead atoms. The lowest BCUT2D eigenvalue weighted by molar-refractivity contribution is 0.102. The SMILES string of the molecule is Cn1cc(NC(=O)c2ccc(S)cc2)cn1. The van der Waals surface area contributed by atoms with Crippen LogP contribution in [0, 0.1) is 0 Å². The summed E-state index contributed by atoms with van der Waals surface area (Å²) in [7, 11) is 1.80. The Morgan fingerprint density at radius 1 is 1.38 bits per heavy atom. The number of nitrogens with zero attached hydrogens (tertiary/aromatic N) is 2. The molecule has 5 heteroatoms. The van der Waals surface area contributed by atoms with Crippen molar-refractivity contribution in [1.29, 1.82) is 0 Å². The van der Waals surface area contributed by atoms with Crippen LogP contribution in [0.15, 0.2) is 41.6 Å². The van der Waals surface area contributed by atoms with Gasteiger partial charge in [-0.25, -0.2) is 0 Å². The summed E-state index contributed by atoms with van der Waals surface area (Å²) in [5.74, 6) is -0.152. The molecule has 1 aromatic heterocycles. The summed E-state index contributed by atoms with van der Waals surface area (Å²) in [4.78, 5) is 12.6. The number of aryl methyl sites for hydroxylation is 1. The summed E-state index contributed by atoms with van der Waals surface area (Å²) in [6.45, 7) is 0. The summed E-state index contributed by atoms with van der Waals surface area (Å²) in [6, 6.07) is 7.02. The van der Waals surface area contributed by atoms with Gasteiger partial charge in [0.05, 0.1) is 11.9 Å². The van der Waals surface area contributed by atoms with Gasteiger partial charge in [0.25, 0.3) is 5.91 Å². The molecule has 0 aliphatic rings. The molecule has 1 heterocycles. The average molecular weight is 233 g/mol. The van der Waals surface area contributed by atoms with E-state index in [9.17, 15) is 4.79 Å². The molecule has 2 aromatic rings. The van der Waals surface area contributed by atoms with Crippen LogP contribution >= 0.6 is 12.6 Å². The summed E-state index contributed by atoms with van der Waals surface area (Å²) in [5, 5.41) is 6.72. The van der Waals surface area contributed by atoms with E-state index in [0.717, 1.165) is 4.90 Å². The first-order valence-electron chi connectivity index (χ1n) is 4.74. The zero-order valence-corrected chi connectivity index (χ0v) is 9.61. The maximum absolute atomic E-state index is 11.8. The fourth-order valence-electron chi connectivity index (χ4n) is 1.30. The van der Waals surface area contributed by atoms with Gasteiger partial charge in [-0.3, -0.25) is 9.48 Å². The maximum atomic E-state index is 11.8. The zero-order valence-electron chi connectivity index (χ0n) is 8.71. The molecule has 82 valence electrons. The molecule has 2 rings (SSSR count). The molecular weight excluding hydrogens is 222 g/mol. The van der Waals surface area contributed by atoms with Crippen LogP contribution in [0.1, 0.15) is 10.4 Å². The van der Waals surface area contributed by atoms with E-state index in [2.05, 4.69) is 23.0 Å². The van der Waals surface area contributed by atoms with Crippen molar-refractivity contribution in [2.24, 2.45) is 7.05 Å². The van der Waals surface area contributed by atoms with E-state index in [1.807, 2.05) is 0 Å². The van der Waals surface area contributed by atoms with Gasteiger partial charge in [0.15, 0.2) is 0 Å². The monoisotopic (exact) mass is 233 g/mol. The lowest BCUT2D eigenvalue weighted by Crippen LogP contribution is -2.11.